The Balaban J connectivity index is 2.34. The first-order chi connectivity index (χ1) is 10.2. The van der Waals surface area contributed by atoms with Crippen LogP contribution in [0.15, 0.2) is 49.2 Å². The summed E-state index contributed by atoms with van der Waals surface area (Å²) >= 11 is 0. The number of methoxy groups -OCH3 is 1. The van der Waals surface area contributed by atoms with Gasteiger partial charge in [0.2, 0.25) is 5.60 Å². The third-order valence-corrected chi connectivity index (χ3v) is 3.60. The molecule has 6 heteroatoms. The van der Waals surface area contributed by atoms with Crippen LogP contribution in [-0.2, 0) is 24.4 Å². The summed E-state index contributed by atoms with van der Waals surface area (Å²) in [5.41, 5.74) is -0.200. The van der Waals surface area contributed by atoms with Crippen LogP contribution >= 0.6 is 0 Å². The quantitative estimate of drug-likeness (QED) is 0.728. The number of imidazole rings is 2. The predicted molar refractivity (Wildman–Crippen MR) is 77.5 cm³/mol. The lowest BCUT2D eigenvalue weighted by Crippen LogP contribution is -2.38. The summed E-state index contributed by atoms with van der Waals surface area (Å²) in [6.07, 6.45) is 9.00. The molecule has 21 heavy (non-hydrogen) atoms. The lowest BCUT2D eigenvalue weighted by Gasteiger charge is -2.30. The normalized spacial score (nSPS) is 11.8. The van der Waals surface area contributed by atoms with Crippen molar-refractivity contribution in [3.8, 4) is 0 Å². The van der Waals surface area contributed by atoms with E-state index in [0.717, 1.165) is 17.3 Å². The molecule has 0 aromatic carbocycles. The predicted octanol–water partition coefficient (Wildman–Crippen LogP) is 1.49. The topological polar surface area (TPSA) is 57.8 Å². The lowest BCUT2D eigenvalue weighted by molar-refractivity contribution is 0.0351. The third kappa shape index (κ3) is 1.95. The summed E-state index contributed by atoms with van der Waals surface area (Å²) < 4.78 is 9.79. The molecule has 0 aliphatic carbocycles. The lowest BCUT2D eigenvalue weighted by atomic mass is 9.96. The van der Waals surface area contributed by atoms with Crippen molar-refractivity contribution in [1.29, 1.82) is 0 Å². The second-order valence-corrected chi connectivity index (χ2v) is 4.82. The molecule has 0 atom stereocenters. The summed E-state index contributed by atoms with van der Waals surface area (Å²) in [4.78, 5) is 13.4. The van der Waals surface area contributed by atoms with E-state index in [1.807, 2.05) is 53.8 Å². The van der Waals surface area contributed by atoms with Crippen molar-refractivity contribution in [3.63, 3.8) is 0 Å². The maximum absolute atomic E-state index is 5.95. The fraction of sp³-hybridized carbons (Fsp3) is 0.267. The first kappa shape index (κ1) is 13.5. The molecule has 0 amide bonds. The zero-order chi connectivity index (χ0) is 14.9. The SMILES string of the molecule is COC(c1ccccn1)(c1nccn1C)c1nccn1C. The van der Waals surface area contributed by atoms with E-state index >= 15 is 0 Å². The summed E-state index contributed by atoms with van der Waals surface area (Å²) in [6.45, 7) is 0. The molecule has 0 radical (unpaired) electrons. The molecule has 0 fully saturated rings. The highest BCUT2D eigenvalue weighted by Gasteiger charge is 2.44. The Labute approximate surface area is 123 Å². The van der Waals surface area contributed by atoms with Crippen LogP contribution in [0.1, 0.15) is 17.3 Å². The molecule has 3 heterocycles. The van der Waals surface area contributed by atoms with Crippen molar-refractivity contribution in [2.24, 2.45) is 14.1 Å². The smallest absolute Gasteiger partial charge is 0.225 e. The minimum Gasteiger partial charge on any atom is -0.357 e. The van der Waals surface area contributed by atoms with E-state index in [4.69, 9.17) is 4.74 Å². The van der Waals surface area contributed by atoms with Crippen LogP contribution in [0.2, 0.25) is 0 Å². The van der Waals surface area contributed by atoms with Gasteiger partial charge in [-0.3, -0.25) is 4.98 Å². The van der Waals surface area contributed by atoms with E-state index in [9.17, 15) is 0 Å². The minimum atomic E-state index is -0.947. The van der Waals surface area contributed by atoms with E-state index < -0.39 is 5.60 Å². The highest BCUT2D eigenvalue weighted by molar-refractivity contribution is 5.34. The molecule has 0 saturated carbocycles. The van der Waals surface area contributed by atoms with Gasteiger partial charge < -0.3 is 13.9 Å². The van der Waals surface area contributed by atoms with Crippen molar-refractivity contribution in [2.45, 2.75) is 5.60 Å². The molecule has 0 N–H and O–H groups in total. The van der Waals surface area contributed by atoms with E-state index in [2.05, 4.69) is 15.0 Å². The number of hydrogen-bond acceptors (Lipinski definition) is 4. The van der Waals surface area contributed by atoms with Gasteiger partial charge in [-0.05, 0) is 12.1 Å². The Bertz CT molecular complexity index is 691. The molecule has 0 unspecified atom stereocenters. The van der Waals surface area contributed by atoms with Crippen LogP contribution < -0.4 is 0 Å². The van der Waals surface area contributed by atoms with Gasteiger partial charge >= 0.3 is 0 Å². The van der Waals surface area contributed by atoms with Gasteiger partial charge in [0.05, 0.1) is 5.69 Å². The summed E-state index contributed by atoms with van der Waals surface area (Å²) in [6, 6.07) is 5.73. The largest absolute Gasteiger partial charge is 0.357 e. The average molecular weight is 283 g/mol. The number of hydrogen-bond donors (Lipinski definition) is 0. The zero-order valence-corrected chi connectivity index (χ0v) is 12.3. The Morgan fingerprint density at radius 3 is 1.90 bits per heavy atom. The van der Waals surface area contributed by atoms with E-state index in [0.29, 0.717) is 0 Å². The van der Waals surface area contributed by atoms with Crippen LogP contribution in [0, 0.1) is 0 Å². The summed E-state index contributed by atoms with van der Waals surface area (Å²) in [5, 5.41) is 0. The Hall–Kier alpha value is -2.47. The van der Waals surface area contributed by atoms with Crippen molar-refractivity contribution in [3.05, 3.63) is 66.5 Å². The molecular weight excluding hydrogens is 266 g/mol. The van der Waals surface area contributed by atoms with Crippen LogP contribution in [0.3, 0.4) is 0 Å². The number of pyridine rings is 1. The van der Waals surface area contributed by atoms with Gasteiger partial charge in [-0.2, -0.15) is 0 Å². The Morgan fingerprint density at radius 1 is 0.905 bits per heavy atom. The molecule has 0 aliphatic heterocycles. The number of ether oxygens (including phenoxy) is 1. The molecule has 0 spiro atoms. The minimum absolute atomic E-state index is 0.734. The molecular formula is C15H17N5O. The van der Waals surface area contributed by atoms with Crippen LogP contribution in [0.25, 0.3) is 0 Å². The second kappa shape index (κ2) is 5.14. The van der Waals surface area contributed by atoms with Crippen LogP contribution in [-0.4, -0.2) is 31.2 Å². The van der Waals surface area contributed by atoms with Gasteiger partial charge in [-0.25, -0.2) is 9.97 Å². The highest BCUT2D eigenvalue weighted by atomic mass is 16.5. The van der Waals surface area contributed by atoms with Crippen molar-refractivity contribution >= 4 is 0 Å². The van der Waals surface area contributed by atoms with E-state index in [-0.39, 0.29) is 0 Å². The maximum atomic E-state index is 5.95. The third-order valence-electron chi connectivity index (χ3n) is 3.60. The standard InChI is InChI=1S/C15H17N5O/c1-19-10-8-17-13(19)15(21-3,12-6-4-5-7-16-12)14-18-9-11-20(14)2/h4-11H,1-3H3. The molecule has 0 aliphatic rings. The number of aryl methyl sites for hydroxylation is 2. The summed E-state index contributed by atoms with van der Waals surface area (Å²) in [5.74, 6) is 1.47. The van der Waals surface area contributed by atoms with Crippen LogP contribution in [0.4, 0.5) is 0 Å². The van der Waals surface area contributed by atoms with Crippen LogP contribution in [0.5, 0.6) is 0 Å². The molecule has 3 aromatic rings. The van der Waals surface area contributed by atoms with Gasteiger partial charge in [-0.1, -0.05) is 6.07 Å². The summed E-state index contributed by atoms with van der Waals surface area (Å²) in [7, 11) is 5.52. The molecule has 3 rings (SSSR count). The monoisotopic (exact) mass is 283 g/mol. The van der Waals surface area contributed by atoms with Gasteiger partial charge in [0.25, 0.3) is 0 Å². The van der Waals surface area contributed by atoms with Gasteiger partial charge in [0.15, 0.2) is 11.6 Å². The number of nitrogens with zero attached hydrogens (tertiary/aromatic N) is 5. The first-order valence-corrected chi connectivity index (χ1v) is 6.62. The molecule has 0 bridgehead atoms. The van der Waals surface area contributed by atoms with Gasteiger partial charge in [0.1, 0.15) is 0 Å². The first-order valence-electron chi connectivity index (χ1n) is 6.62. The Kier molecular flexibility index (Phi) is 3.31. The molecule has 3 aromatic heterocycles. The fourth-order valence-corrected chi connectivity index (χ4v) is 2.60. The molecule has 0 saturated heterocycles. The molecule has 6 nitrogen and oxygen atoms in total. The van der Waals surface area contributed by atoms with E-state index in [1.165, 1.54) is 0 Å². The maximum Gasteiger partial charge on any atom is 0.225 e. The van der Waals surface area contributed by atoms with E-state index in [1.54, 1.807) is 25.7 Å². The number of aromatic nitrogens is 5. The van der Waals surface area contributed by atoms with Crippen molar-refractivity contribution in [1.82, 2.24) is 24.1 Å². The Morgan fingerprint density at radius 2 is 1.52 bits per heavy atom. The molecule has 108 valence electrons. The fourth-order valence-electron chi connectivity index (χ4n) is 2.60. The highest BCUT2D eigenvalue weighted by Crippen LogP contribution is 2.36. The van der Waals surface area contributed by atoms with Gasteiger partial charge in [0, 0.05) is 52.2 Å². The second-order valence-electron chi connectivity index (χ2n) is 4.82. The zero-order valence-electron chi connectivity index (χ0n) is 12.3. The van der Waals surface area contributed by atoms with Crippen molar-refractivity contribution in [2.75, 3.05) is 7.11 Å². The van der Waals surface area contributed by atoms with Crippen molar-refractivity contribution < 1.29 is 4.74 Å². The average Bonchev–Trinajstić information content (AvgIpc) is 3.12. The van der Waals surface area contributed by atoms with Gasteiger partial charge in [-0.15, -0.1) is 0 Å². The number of rotatable bonds is 4.